The molecule has 1 aromatic rings. The summed E-state index contributed by atoms with van der Waals surface area (Å²) in [7, 11) is 0. The topological polar surface area (TPSA) is 21.3 Å². The zero-order valence-electron chi connectivity index (χ0n) is 13.2. The van der Waals surface area contributed by atoms with Crippen LogP contribution in [0.1, 0.15) is 51.5 Å². The van der Waals surface area contributed by atoms with E-state index >= 15 is 0 Å². The van der Waals surface area contributed by atoms with Gasteiger partial charge in [-0.15, -0.1) is 0 Å². The van der Waals surface area contributed by atoms with E-state index in [2.05, 4.69) is 38.2 Å². The molecule has 1 fully saturated rings. The Morgan fingerprint density at radius 3 is 2.40 bits per heavy atom. The van der Waals surface area contributed by atoms with E-state index in [0.29, 0.717) is 12.1 Å². The summed E-state index contributed by atoms with van der Waals surface area (Å²) in [6.45, 7) is 7.38. The van der Waals surface area contributed by atoms with Crippen molar-refractivity contribution in [2.75, 3.05) is 6.61 Å². The smallest absolute Gasteiger partial charge is 0.119 e. The van der Waals surface area contributed by atoms with E-state index in [-0.39, 0.29) is 0 Å². The second kappa shape index (κ2) is 7.68. The first kappa shape index (κ1) is 15.4. The van der Waals surface area contributed by atoms with Gasteiger partial charge in [0.25, 0.3) is 0 Å². The van der Waals surface area contributed by atoms with Crippen LogP contribution in [0.4, 0.5) is 0 Å². The Labute approximate surface area is 123 Å². The lowest BCUT2D eigenvalue weighted by Crippen LogP contribution is -2.42. The molecule has 0 saturated heterocycles. The maximum Gasteiger partial charge on any atom is 0.119 e. The van der Waals surface area contributed by atoms with Gasteiger partial charge in [-0.2, -0.15) is 0 Å². The molecule has 2 unspecified atom stereocenters. The minimum absolute atomic E-state index is 0.397. The standard InChI is InChI=1S/C18H29NO/c1-14-9-11-18(12-10-14)20-13-15(2)19-16(3)17-7-5-4-6-8-17/h9-12,15-17,19H,4-8,13H2,1-3H3. The molecule has 1 N–H and O–H groups in total. The Morgan fingerprint density at radius 2 is 1.75 bits per heavy atom. The average Bonchev–Trinajstić information content (AvgIpc) is 2.47. The van der Waals surface area contributed by atoms with Gasteiger partial charge < -0.3 is 10.1 Å². The second-order valence-electron chi connectivity index (χ2n) is 6.38. The van der Waals surface area contributed by atoms with Crippen LogP contribution in [0, 0.1) is 12.8 Å². The molecule has 1 saturated carbocycles. The molecule has 1 aromatic carbocycles. The number of rotatable bonds is 6. The van der Waals surface area contributed by atoms with Gasteiger partial charge in [0.05, 0.1) is 0 Å². The van der Waals surface area contributed by atoms with Gasteiger partial charge in [-0.1, -0.05) is 37.0 Å². The molecule has 1 aliphatic rings. The predicted molar refractivity (Wildman–Crippen MR) is 85.3 cm³/mol. The number of ether oxygens (including phenoxy) is 1. The van der Waals surface area contributed by atoms with Gasteiger partial charge in [0.1, 0.15) is 12.4 Å². The Hall–Kier alpha value is -1.02. The summed E-state index contributed by atoms with van der Waals surface area (Å²) in [5, 5.41) is 3.71. The summed E-state index contributed by atoms with van der Waals surface area (Å²) in [6.07, 6.45) is 7.02. The summed E-state index contributed by atoms with van der Waals surface area (Å²) >= 11 is 0. The minimum Gasteiger partial charge on any atom is -0.492 e. The van der Waals surface area contributed by atoms with E-state index in [1.807, 2.05) is 12.1 Å². The number of hydrogen-bond acceptors (Lipinski definition) is 2. The van der Waals surface area contributed by atoms with Crippen LogP contribution in [0.3, 0.4) is 0 Å². The van der Waals surface area contributed by atoms with Gasteiger partial charge >= 0.3 is 0 Å². The molecule has 0 spiro atoms. The van der Waals surface area contributed by atoms with Gasteiger partial charge in [0.15, 0.2) is 0 Å². The summed E-state index contributed by atoms with van der Waals surface area (Å²) in [4.78, 5) is 0. The molecule has 2 atom stereocenters. The van der Waals surface area contributed by atoms with Gasteiger partial charge in [0.2, 0.25) is 0 Å². The molecule has 2 nitrogen and oxygen atoms in total. The van der Waals surface area contributed by atoms with Crippen molar-refractivity contribution in [3.63, 3.8) is 0 Å². The lowest BCUT2D eigenvalue weighted by Gasteiger charge is -2.30. The lowest BCUT2D eigenvalue weighted by atomic mass is 9.84. The zero-order valence-corrected chi connectivity index (χ0v) is 13.2. The third kappa shape index (κ3) is 4.82. The Bertz CT molecular complexity index is 381. The van der Waals surface area contributed by atoms with E-state index in [4.69, 9.17) is 4.74 Å². The first-order valence-corrected chi connectivity index (χ1v) is 8.10. The van der Waals surface area contributed by atoms with E-state index in [1.54, 1.807) is 0 Å². The minimum atomic E-state index is 0.397. The molecule has 2 rings (SSSR count). The van der Waals surface area contributed by atoms with E-state index < -0.39 is 0 Å². The maximum absolute atomic E-state index is 5.85. The molecule has 0 radical (unpaired) electrons. The highest BCUT2D eigenvalue weighted by atomic mass is 16.5. The normalized spacial score (nSPS) is 19.6. The highest BCUT2D eigenvalue weighted by Crippen LogP contribution is 2.26. The first-order valence-electron chi connectivity index (χ1n) is 8.10. The van der Waals surface area contributed by atoms with Crippen LogP contribution in [0.2, 0.25) is 0 Å². The van der Waals surface area contributed by atoms with Crippen LogP contribution in [0.15, 0.2) is 24.3 Å². The molecule has 2 heteroatoms. The zero-order chi connectivity index (χ0) is 14.4. The van der Waals surface area contributed by atoms with Crippen LogP contribution in [0.25, 0.3) is 0 Å². The summed E-state index contributed by atoms with van der Waals surface area (Å²) in [5.74, 6) is 1.82. The highest BCUT2D eigenvalue weighted by Gasteiger charge is 2.21. The third-order valence-electron chi connectivity index (χ3n) is 4.43. The molecule has 20 heavy (non-hydrogen) atoms. The molecular formula is C18H29NO. The number of aryl methyl sites for hydroxylation is 1. The molecule has 0 bridgehead atoms. The van der Waals surface area contributed by atoms with E-state index in [1.165, 1.54) is 37.7 Å². The third-order valence-corrected chi connectivity index (χ3v) is 4.43. The molecule has 0 aliphatic heterocycles. The fourth-order valence-electron chi connectivity index (χ4n) is 3.12. The van der Waals surface area contributed by atoms with Crippen molar-refractivity contribution >= 4 is 0 Å². The number of nitrogens with one attached hydrogen (secondary N) is 1. The van der Waals surface area contributed by atoms with E-state index in [9.17, 15) is 0 Å². The van der Waals surface area contributed by atoms with Gasteiger partial charge in [-0.3, -0.25) is 0 Å². The van der Waals surface area contributed by atoms with Gasteiger partial charge in [0, 0.05) is 12.1 Å². The van der Waals surface area contributed by atoms with Crippen molar-refractivity contribution in [2.45, 2.75) is 65.0 Å². The summed E-state index contributed by atoms with van der Waals surface area (Å²) in [5.41, 5.74) is 1.27. The first-order chi connectivity index (χ1) is 9.65. The predicted octanol–water partition coefficient (Wildman–Crippen LogP) is 4.32. The highest BCUT2D eigenvalue weighted by molar-refractivity contribution is 5.26. The second-order valence-corrected chi connectivity index (χ2v) is 6.38. The largest absolute Gasteiger partial charge is 0.492 e. The monoisotopic (exact) mass is 275 g/mol. The van der Waals surface area contributed by atoms with Crippen molar-refractivity contribution in [2.24, 2.45) is 5.92 Å². The molecular weight excluding hydrogens is 246 g/mol. The lowest BCUT2D eigenvalue weighted by molar-refractivity contribution is 0.223. The molecule has 0 amide bonds. The summed E-state index contributed by atoms with van der Waals surface area (Å²) in [6, 6.07) is 9.29. The number of hydrogen-bond donors (Lipinski definition) is 1. The van der Waals surface area contributed by atoms with Crippen LogP contribution >= 0.6 is 0 Å². The quantitative estimate of drug-likeness (QED) is 0.834. The van der Waals surface area contributed by atoms with Crippen LogP contribution in [-0.2, 0) is 0 Å². The molecule has 0 heterocycles. The van der Waals surface area contributed by atoms with Crippen molar-refractivity contribution in [3.05, 3.63) is 29.8 Å². The van der Waals surface area contributed by atoms with Crippen molar-refractivity contribution in [1.29, 1.82) is 0 Å². The van der Waals surface area contributed by atoms with Crippen molar-refractivity contribution in [3.8, 4) is 5.75 Å². The van der Waals surface area contributed by atoms with Crippen LogP contribution in [0.5, 0.6) is 5.75 Å². The number of benzene rings is 1. The Balaban J connectivity index is 1.71. The Kier molecular flexibility index (Phi) is 5.90. The Morgan fingerprint density at radius 1 is 1.10 bits per heavy atom. The molecule has 112 valence electrons. The van der Waals surface area contributed by atoms with Gasteiger partial charge in [-0.05, 0) is 51.7 Å². The van der Waals surface area contributed by atoms with Crippen LogP contribution in [-0.4, -0.2) is 18.7 Å². The molecule has 1 aliphatic carbocycles. The van der Waals surface area contributed by atoms with Crippen molar-refractivity contribution in [1.82, 2.24) is 5.32 Å². The van der Waals surface area contributed by atoms with Gasteiger partial charge in [-0.25, -0.2) is 0 Å². The molecule has 0 aromatic heterocycles. The van der Waals surface area contributed by atoms with Crippen molar-refractivity contribution < 1.29 is 4.74 Å². The fourth-order valence-corrected chi connectivity index (χ4v) is 3.12. The van der Waals surface area contributed by atoms with Crippen LogP contribution < -0.4 is 10.1 Å². The van der Waals surface area contributed by atoms with E-state index in [0.717, 1.165) is 18.3 Å². The fraction of sp³-hybridized carbons (Fsp3) is 0.667. The SMILES string of the molecule is Cc1ccc(OCC(C)NC(C)C2CCCCC2)cc1. The summed E-state index contributed by atoms with van der Waals surface area (Å²) < 4.78 is 5.85. The average molecular weight is 275 g/mol. The maximum atomic E-state index is 5.85.